The summed E-state index contributed by atoms with van der Waals surface area (Å²) in [6.45, 7) is 14.6. The largest absolute Gasteiger partial charge is 0.493 e. The first kappa shape index (κ1) is 40.3. The standard InChI is InChI=1S/C42H58O9Si/c1-29(2)52(30(3)4,31(5)6)49-28-36-38(43)35(22-23-46-36)50-42-39(44)41(48-26-34-20-14-9-15-21-34)40(47-25-33-18-12-8-13-19-33)37(51-42)27-45-24-32-16-10-7-11-17-32/h7-23,29-31,35-44H,24-28H2,1-6H3/t35?,36?,37?,38?,39?,40-,41-,42-/m1/s1. The van der Waals surface area contributed by atoms with Crippen molar-refractivity contribution in [1.82, 2.24) is 0 Å². The molecule has 5 rings (SSSR count). The minimum absolute atomic E-state index is 0.154. The lowest BCUT2D eigenvalue weighted by molar-refractivity contribution is -0.330. The summed E-state index contributed by atoms with van der Waals surface area (Å²) >= 11 is 0. The van der Waals surface area contributed by atoms with Crippen LogP contribution in [0.3, 0.4) is 0 Å². The Morgan fingerprint density at radius 3 is 1.63 bits per heavy atom. The fourth-order valence-corrected chi connectivity index (χ4v) is 13.2. The maximum atomic E-state index is 11.9. The molecule has 8 atom stereocenters. The fraction of sp³-hybridized carbons (Fsp3) is 0.524. The third-order valence-corrected chi connectivity index (χ3v) is 16.4. The highest BCUT2D eigenvalue weighted by Crippen LogP contribution is 2.42. The van der Waals surface area contributed by atoms with Gasteiger partial charge in [-0.3, -0.25) is 0 Å². The molecule has 2 N–H and O–H groups in total. The Morgan fingerprint density at radius 1 is 0.615 bits per heavy atom. The summed E-state index contributed by atoms with van der Waals surface area (Å²) in [5.74, 6) is 0. The molecule has 9 nitrogen and oxygen atoms in total. The van der Waals surface area contributed by atoms with Gasteiger partial charge >= 0.3 is 0 Å². The van der Waals surface area contributed by atoms with E-state index in [1.807, 2.05) is 91.0 Å². The molecule has 0 amide bonds. The number of ether oxygens (including phenoxy) is 6. The first-order valence-electron chi connectivity index (χ1n) is 18.7. The van der Waals surface area contributed by atoms with Gasteiger partial charge in [-0.2, -0.15) is 0 Å². The summed E-state index contributed by atoms with van der Waals surface area (Å²) in [7, 11) is -2.21. The molecule has 0 spiro atoms. The van der Waals surface area contributed by atoms with Gasteiger partial charge in [0.15, 0.2) is 6.29 Å². The van der Waals surface area contributed by atoms with E-state index in [1.165, 1.54) is 0 Å². The van der Waals surface area contributed by atoms with Crippen LogP contribution in [0.4, 0.5) is 0 Å². The summed E-state index contributed by atoms with van der Waals surface area (Å²) in [4.78, 5) is 0. The van der Waals surface area contributed by atoms with Gasteiger partial charge in [0.1, 0.15) is 42.7 Å². The Hall–Kier alpha value is -2.90. The predicted octanol–water partition coefficient (Wildman–Crippen LogP) is 7.31. The molecule has 2 heterocycles. The molecule has 52 heavy (non-hydrogen) atoms. The molecule has 3 aromatic carbocycles. The van der Waals surface area contributed by atoms with Crippen LogP contribution in [0.1, 0.15) is 58.2 Å². The van der Waals surface area contributed by atoms with Crippen molar-refractivity contribution in [3.05, 3.63) is 120 Å². The lowest BCUT2D eigenvalue weighted by atomic mass is 9.97. The van der Waals surface area contributed by atoms with E-state index in [-0.39, 0.29) is 26.4 Å². The molecule has 0 aliphatic carbocycles. The third-order valence-electron chi connectivity index (χ3n) is 10.3. The smallest absolute Gasteiger partial charge is 0.200 e. The van der Waals surface area contributed by atoms with Crippen molar-refractivity contribution in [2.45, 2.75) is 127 Å². The van der Waals surface area contributed by atoms with Crippen molar-refractivity contribution in [1.29, 1.82) is 0 Å². The molecular weight excluding hydrogens is 677 g/mol. The van der Waals surface area contributed by atoms with Gasteiger partial charge < -0.3 is 43.1 Å². The van der Waals surface area contributed by atoms with E-state index in [9.17, 15) is 10.2 Å². The highest BCUT2D eigenvalue weighted by atomic mass is 28.4. The average molecular weight is 735 g/mol. The quantitative estimate of drug-likeness (QED) is 0.130. The van der Waals surface area contributed by atoms with Gasteiger partial charge in [-0.25, -0.2) is 0 Å². The monoisotopic (exact) mass is 734 g/mol. The summed E-state index contributed by atoms with van der Waals surface area (Å²) in [5, 5.41) is 23.5. The van der Waals surface area contributed by atoms with E-state index in [1.54, 1.807) is 12.3 Å². The summed E-state index contributed by atoms with van der Waals surface area (Å²) in [6, 6.07) is 29.5. The number of aliphatic hydroxyl groups excluding tert-OH is 2. The van der Waals surface area contributed by atoms with Gasteiger partial charge in [0.25, 0.3) is 0 Å². The van der Waals surface area contributed by atoms with Gasteiger partial charge in [0.05, 0.1) is 39.3 Å². The first-order chi connectivity index (χ1) is 25.1. The molecular formula is C42H58O9Si. The highest BCUT2D eigenvalue weighted by Gasteiger charge is 2.50. The van der Waals surface area contributed by atoms with Crippen LogP contribution >= 0.6 is 0 Å². The number of benzene rings is 3. The van der Waals surface area contributed by atoms with Crippen LogP contribution in [0.5, 0.6) is 0 Å². The van der Waals surface area contributed by atoms with E-state index in [4.69, 9.17) is 32.8 Å². The van der Waals surface area contributed by atoms with E-state index in [2.05, 4.69) is 41.5 Å². The van der Waals surface area contributed by atoms with Crippen LogP contribution < -0.4 is 0 Å². The molecule has 10 heteroatoms. The minimum Gasteiger partial charge on any atom is -0.493 e. The molecule has 1 saturated heterocycles. The first-order valence-corrected chi connectivity index (χ1v) is 20.8. The van der Waals surface area contributed by atoms with E-state index >= 15 is 0 Å². The second-order valence-corrected chi connectivity index (χ2v) is 20.2. The van der Waals surface area contributed by atoms with E-state index < -0.39 is 57.3 Å². The van der Waals surface area contributed by atoms with E-state index in [0.29, 0.717) is 23.2 Å². The Bertz CT molecular complexity index is 1450. The zero-order chi connectivity index (χ0) is 37.1. The molecule has 0 radical (unpaired) electrons. The number of aliphatic hydroxyl groups is 2. The van der Waals surface area contributed by atoms with Crippen LogP contribution in [-0.4, -0.2) is 80.8 Å². The van der Waals surface area contributed by atoms with E-state index in [0.717, 1.165) is 16.7 Å². The van der Waals surface area contributed by atoms with Crippen molar-refractivity contribution in [3.8, 4) is 0 Å². The average Bonchev–Trinajstić information content (AvgIpc) is 3.14. The molecule has 5 unspecified atom stereocenters. The molecule has 3 aromatic rings. The van der Waals surface area contributed by atoms with Crippen molar-refractivity contribution >= 4 is 8.32 Å². The Morgan fingerprint density at radius 2 is 1.12 bits per heavy atom. The molecule has 284 valence electrons. The van der Waals surface area contributed by atoms with Crippen molar-refractivity contribution < 1.29 is 43.1 Å². The maximum absolute atomic E-state index is 11.9. The number of rotatable bonds is 18. The molecule has 1 fully saturated rings. The zero-order valence-electron chi connectivity index (χ0n) is 31.5. The fourth-order valence-electron chi connectivity index (χ4n) is 7.71. The second kappa shape index (κ2) is 19.4. The van der Waals surface area contributed by atoms with Gasteiger partial charge in [-0.05, 0) is 39.4 Å². The van der Waals surface area contributed by atoms with Gasteiger partial charge in [-0.1, -0.05) is 133 Å². The highest BCUT2D eigenvalue weighted by molar-refractivity contribution is 6.77. The predicted molar refractivity (Wildman–Crippen MR) is 203 cm³/mol. The van der Waals surface area contributed by atoms with Gasteiger partial charge in [-0.15, -0.1) is 0 Å². The number of hydrogen-bond acceptors (Lipinski definition) is 9. The second-order valence-electron chi connectivity index (χ2n) is 14.8. The zero-order valence-corrected chi connectivity index (χ0v) is 32.5. The molecule has 0 bridgehead atoms. The van der Waals surface area contributed by atoms with Crippen LogP contribution in [0.15, 0.2) is 103 Å². The van der Waals surface area contributed by atoms with Crippen molar-refractivity contribution in [2.24, 2.45) is 0 Å². The summed E-state index contributed by atoms with van der Waals surface area (Å²) in [5.41, 5.74) is 4.09. The molecule has 0 aromatic heterocycles. The lowest BCUT2D eigenvalue weighted by Gasteiger charge is -2.46. The normalized spacial score (nSPS) is 26.6. The molecule has 0 saturated carbocycles. The van der Waals surface area contributed by atoms with Crippen LogP contribution in [0.25, 0.3) is 0 Å². The molecule has 2 aliphatic heterocycles. The Balaban J connectivity index is 1.35. The van der Waals surface area contributed by atoms with Crippen LogP contribution in [-0.2, 0) is 52.7 Å². The summed E-state index contributed by atoms with van der Waals surface area (Å²) < 4.78 is 44.8. The van der Waals surface area contributed by atoms with Gasteiger partial charge in [0.2, 0.25) is 8.32 Å². The van der Waals surface area contributed by atoms with Gasteiger partial charge in [0, 0.05) is 0 Å². The SMILES string of the molecule is CC(C)[Si](OCC1OC=CC(O[C@@H]2OC(COCc3ccccc3)[C@@H](OCc3ccccc3)[C@H](OCc3ccccc3)C2O)C1O)(C(C)C)C(C)C. The minimum atomic E-state index is -2.21. The Labute approximate surface area is 310 Å². The van der Waals surface area contributed by atoms with Crippen molar-refractivity contribution in [3.63, 3.8) is 0 Å². The number of hydrogen-bond donors (Lipinski definition) is 2. The lowest BCUT2D eigenvalue weighted by Crippen LogP contribution is -2.62. The van der Waals surface area contributed by atoms with Crippen LogP contribution in [0.2, 0.25) is 16.6 Å². The Kier molecular flexibility index (Phi) is 15.1. The van der Waals surface area contributed by atoms with Crippen molar-refractivity contribution in [2.75, 3.05) is 13.2 Å². The van der Waals surface area contributed by atoms with Crippen LogP contribution in [0, 0.1) is 0 Å². The maximum Gasteiger partial charge on any atom is 0.200 e. The third kappa shape index (κ3) is 10.2. The topological polar surface area (TPSA) is 105 Å². The molecule has 2 aliphatic rings. The summed E-state index contributed by atoms with van der Waals surface area (Å²) in [6.07, 6.45) is -4.01.